The fourth-order valence-electron chi connectivity index (χ4n) is 4.73. The summed E-state index contributed by atoms with van der Waals surface area (Å²) in [5, 5.41) is 9.20. The molecule has 8 nitrogen and oxygen atoms in total. The van der Waals surface area contributed by atoms with E-state index < -0.39 is 18.0 Å². The van der Waals surface area contributed by atoms with Crippen LogP contribution in [0.15, 0.2) is 98.7 Å². The lowest BCUT2D eigenvalue weighted by molar-refractivity contribution is -0.143. The Morgan fingerprint density at radius 1 is 1.09 bits per heavy atom. The number of esters is 1. The number of hydrogen-bond donors (Lipinski definition) is 1. The molecule has 1 aliphatic rings. The Labute approximate surface area is 256 Å². The number of aromatic carboxylic acids is 1. The molecule has 1 aromatic heterocycles. The Bertz CT molecular complexity index is 1890. The third-order valence-electron chi connectivity index (χ3n) is 6.77. The molecule has 1 atom stereocenters. The SMILES string of the molecule is CSc1ccc([C@@H]2C(C(=O)OC(C)C)=C(C)N=c3s/c(=C\c4ccc(OCc5cccc(C(=O)O)c5)cc4)c(=O)n32)cc1. The molecule has 2 heterocycles. The van der Waals surface area contributed by atoms with Crippen molar-refractivity contribution >= 4 is 41.1 Å². The maximum atomic E-state index is 13.9. The van der Waals surface area contributed by atoms with Crippen LogP contribution in [0.5, 0.6) is 5.75 Å². The van der Waals surface area contributed by atoms with Gasteiger partial charge in [-0.1, -0.05) is 47.7 Å². The van der Waals surface area contributed by atoms with Crippen molar-refractivity contribution < 1.29 is 24.2 Å². The number of nitrogens with zero attached hydrogens (tertiary/aromatic N) is 2. The molecule has 0 saturated carbocycles. The lowest BCUT2D eigenvalue weighted by Gasteiger charge is -2.25. The molecule has 0 amide bonds. The fraction of sp³-hybridized carbons (Fsp3) is 0.212. The fourth-order valence-corrected chi connectivity index (χ4v) is 6.19. The quantitative estimate of drug-likeness (QED) is 0.204. The van der Waals surface area contributed by atoms with Crippen LogP contribution in [0.3, 0.4) is 0 Å². The molecule has 220 valence electrons. The molecule has 0 radical (unpaired) electrons. The highest BCUT2D eigenvalue weighted by molar-refractivity contribution is 7.98. The number of thioether (sulfide) groups is 1. The van der Waals surface area contributed by atoms with Crippen LogP contribution in [0.25, 0.3) is 6.08 Å². The van der Waals surface area contributed by atoms with Crippen LogP contribution in [0.2, 0.25) is 0 Å². The van der Waals surface area contributed by atoms with Gasteiger partial charge in [-0.3, -0.25) is 9.36 Å². The molecule has 0 bridgehead atoms. The van der Waals surface area contributed by atoms with E-state index in [1.807, 2.05) is 42.7 Å². The number of hydrogen-bond acceptors (Lipinski definition) is 8. The van der Waals surface area contributed by atoms with Crippen LogP contribution in [0.4, 0.5) is 0 Å². The summed E-state index contributed by atoms with van der Waals surface area (Å²) in [5.41, 5.74) is 3.16. The largest absolute Gasteiger partial charge is 0.489 e. The molecule has 3 aromatic carbocycles. The summed E-state index contributed by atoms with van der Waals surface area (Å²) in [4.78, 5) is 44.6. The second kappa shape index (κ2) is 12.8. The zero-order valence-corrected chi connectivity index (χ0v) is 25.7. The number of allylic oxidation sites excluding steroid dienone is 1. The highest BCUT2D eigenvalue weighted by atomic mass is 32.2. The number of ether oxygens (including phenoxy) is 2. The number of carbonyl (C=O) groups is 2. The van der Waals surface area contributed by atoms with Gasteiger partial charge in [0, 0.05) is 4.90 Å². The van der Waals surface area contributed by atoms with Crippen molar-refractivity contribution in [3.8, 4) is 5.75 Å². The predicted molar refractivity (Wildman–Crippen MR) is 167 cm³/mol. The summed E-state index contributed by atoms with van der Waals surface area (Å²) in [6.07, 6.45) is 3.47. The van der Waals surface area contributed by atoms with Gasteiger partial charge >= 0.3 is 11.9 Å². The topological polar surface area (TPSA) is 107 Å². The molecule has 43 heavy (non-hydrogen) atoms. The first-order valence-electron chi connectivity index (χ1n) is 13.6. The second-order valence-electron chi connectivity index (χ2n) is 10.2. The van der Waals surface area contributed by atoms with Crippen molar-refractivity contribution in [2.45, 2.75) is 44.4 Å². The standard InChI is InChI=1S/C33H30N2O6S2/c1-19(2)41-32(39)28-20(3)34-33-35(29(28)23-10-14-26(42-4)15-11-23)30(36)27(43-33)17-21-8-12-25(13-9-21)40-18-22-6-5-7-24(16-22)31(37)38/h5-17,19,29H,18H2,1-4H3,(H,37,38)/b27-17-/t29-/m1/s1. The Hall–Kier alpha value is -4.41. The van der Waals surface area contributed by atoms with Gasteiger partial charge < -0.3 is 14.6 Å². The molecule has 0 unspecified atom stereocenters. The van der Waals surface area contributed by atoms with Crippen LogP contribution < -0.4 is 19.6 Å². The first kappa shape index (κ1) is 30.1. The molecule has 0 fully saturated rings. The number of rotatable bonds is 9. The molecule has 4 aromatic rings. The lowest BCUT2D eigenvalue weighted by atomic mass is 9.96. The van der Waals surface area contributed by atoms with Crippen molar-refractivity contribution in [2.24, 2.45) is 4.99 Å². The second-order valence-corrected chi connectivity index (χ2v) is 12.1. The van der Waals surface area contributed by atoms with E-state index in [2.05, 4.69) is 4.99 Å². The molecule has 1 N–H and O–H groups in total. The minimum Gasteiger partial charge on any atom is -0.489 e. The number of aromatic nitrogens is 1. The van der Waals surface area contributed by atoms with E-state index in [-0.39, 0.29) is 23.8 Å². The van der Waals surface area contributed by atoms with Crippen LogP contribution in [-0.4, -0.2) is 34.0 Å². The van der Waals surface area contributed by atoms with E-state index in [0.29, 0.717) is 26.4 Å². The maximum absolute atomic E-state index is 13.9. The maximum Gasteiger partial charge on any atom is 0.338 e. The molecule has 5 rings (SSSR count). The van der Waals surface area contributed by atoms with E-state index in [0.717, 1.165) is 21.6 Å². The van der Waals surface area contributed by atoms with E-state index >= 15 is 0 Å². The zero-order chi connectivity index (χ0) is 30.7. The Balaban J connectivity index is 1.47. The average molecular weight is 615 g/mol. The van der Waals surface area contributed by atoms with Crippen molar-refractivity contribution in [3.63, 3.8) is 0 Å². The molecule has 0 aliphatic carbocycles. The van der Waals surface area contributed by atoms with Gasteiger partial charge in [-0.2, -0.15) is 0 Å². The smallest absolute Gasteiger partial charge is 0.338 e. The molecular weight excluding hydrogens is 585 g/mol. The first-order chi connectivity index (χ1) is 20.6. The van der Waals surface area contributed by atoms with Crippen LogP contribution >= 0.6 is 23.1 Å². The number of fused-ring (bicyclic) bond motifs is 1. The normalized spacial score (nSPS) is 14.8. The van der Waals surface area contributed by atoms with Gasteiger partial charge in [0.15, 0.2) is 4.80 Å². The van der Waals surface area contributed by atoms with E-state index in [4.69, 9.17) is 9.47 Å². The minimum absolute atomic E-state index is 0.205. The summed E-state index contributed by atoms with van der Waals surface area (Å²) < 4.78 is 13.5. The van der Waals surface area contributed by atoms with Crippen LogP contribution in [-0.2, 0) is 16.1 Å². The Kier molecular flexibility index (Phi) is 8.98. The van der Waals surface area contributed by atoms with Gasteiger partial charge in [0.2, 0.25) is 0 Å². The van der Waals surface area contributed by atoms with Crippen molar-refractivity contribution in [2.75, 3.05) is 6.26 Å². The molecule has 1 aliphatic heterocycles. The molecule has 0 spiro atoms. The zero-order valence-electron chi connectivity index (χ0n) is 24.1. The lowest BCUT2D eigenvalue weighted by Crippen LogP contribution is -2.40. The number of benzene rings is 3. The van der Waals surface area contributed by atoms with Gasteiger partial charge in [-0.15, -0.1) is 11.8 Å². The average Bonchev–Trinajstić information content (AvgIpc) is 3.29. The van der Waals surface area contributed by atoms with Crippen molar-refractivity contribution in [1.82, 2.24) is 4.57 Å². The Morgan fingerprint density at radius 2 is 1.81 bits per heavy atom. The monoisotopic (exact) mass is 614 g/mol. The van der Waals surface area contributed by atoms with E-state index in [1.165, 1.54) is 17.4 Å². The predicted octanol–water partition coefficient (Wildman–Crippen LogP) is 5.19. The highest BCUT2D eigenvalue weighted by Gasteiger charge is 2.33. The van der Waals surface area contributed by atoms with Gasteiger partial charge in [0.05, 0.1) is 33.5 Å². The van der Waals surface area contributed by atoms with Gasteiger partial charge in [0.1, 0.15) is 12.4 Å². The van der Waals surface area contributed by atoms with Crippen molar-refractivity contribution in [3.05, 3.63) is 126 Å². The minimum atomic E-state index is -0.988. The van der Waals surface area contributed by atoms with Crippen LogP contribution in [0.1, 0.15) is 53.9 Å². The third-order valence-corrected chi connectivity index (χ3v) is 8.50. The summed E-state index contributed by atoms with van der Waals surface area (Å²) in [5.74, 6) is -0.870. The van der Waals surface area contributed by atoms with Gasteiger partial charge in [-0.05, 0) is 86.2 Å². The molecule has 0 saturated heterocycles. The van der Waals surface area contributed by atoms with Gasteiger partial charge in [0.25, 0.3) is 5.56 Å². The first-order valence-corrected chi connectivity index (χ1v) is 15.6. The third kappa shape index (κ3) is 6.65. The van der Waals surface area contributed by atoms with Crippen LogP contribution in [0, 0.1) is 0 Å². The summed E-state index contributed by atoms with van der Waals surface area (Å²) in [6.45, 7) is 5.57. The highest BCUT2D eigenvalue weighted by Crippen LogP contribution is 2.32. The number of carboxylic acids is 1. The van der Waals surface area contributed by atoms with E-state index in [1.54, 1.807) is 73.5 Å². The number of thiazole rings is 1. The Morgan fingerprint density at radius 3 is 2.47 bits per heavy atom. The number of carboxylic acid groups (broad SMARTS) is 1. The molecule has 10 heteroatoms. The van der Waals surface area contributed by atoms with Crippen molar-refractivity contribution in [1.29, 1.82) is 0 Å². The summed E-state index contributed by atoms with van der Waals surface area (Å²) in [6, 6.07) is 21.0. The van der Waals surface area contributed by atoms with E-state index in [9.17, 15) is 19.5 Å². The summed E-state index contributed by atoms with van der Waals surface area (Å²) >= 11 is 2.88. The summed E-state index contributed by atoms with van der Waals surface area (Å²) in [7, 11) is 0. The molecular formula is C33H30N2O6S2. The number of carbonyl (C=O) groups excluding carboxylic acids is 1. The van der Waals surface area contributed by atoms with Gasteiger partial charge in [-0.25, -0.2) is 14.6 Å².